The van der Waals surface area contributed by atoms with Crippen LogP contribution in [0.4, 0.5) is 16.4 Å². The van der Waals surface area contributed by atoms with E-state index in [2.05, 4.69) is 26.0 Å². The first kappa shape index (κ1) is 14.0. The van der Waals surface area contributed by atoms with E-state index in [4.69, 9.17) is 5.84 Å². The van der Waals surface area contributed by atoms with Crippen molar-refractivity contribution < 1.29 is 4.79 Å². The molecule has 0 saturated carbocycles. The SMILES string of the molecule is Cc1nc(NN)cc(NCCNC(=O)N(C)C)n1. The zero-order chi connectivity index (χ0) is 13.5. The Labute approximate surface area is 106 Å². The van der Waals surface area contributed by atoms with Gasteiger partial charge in [-0.3, -0.25) is 0 Å². The van der Waals surface area contributed by atoms with Crippen molar-refractivity contribution in [3.8, 4) is 0 Å². The van der Waals surface area contributed by atoms with Crippen LogP contribution in [0.1, 0.15) is 5.82 Å². The second kappa shape index (κ2) is 6.60. The molecule has 0 aliphatic heterocycles. The number of nitrogens with zero attached hydrogens (tertiary/aromatic N) is 3. The van der Waals surface area contributed by atoms with Gasteiger partial charge in [0.05, 0.1) is 0 Å². The van der Waals surface area contributed by atoms with Gasteiger partial charge in [-0.1, -0.05) is 0 Å². The van der Waals surface area contributed by atoms with Crippen molar-refractivity contribution in [1.82, 2.24) is 20.2 Å². The fraction of sp³-hybridized carbons (Fsp3) is 0.500. The maximum atomic E-state index is 11.2. The minimum atomic E-state index is -0.125. The summed E-state index contributed by atoms with van der Waals surface area (Å²) in [5, 5.41) is 5.81. The average molecular weight is 253 g/mol. The standard InChI is InChI=1S/C10H19N7O/c1-7-14-8(6-9(15-7)16-11)12-4-5-13-10(18)17(2)3/h6H,4-5,11H2,1-3H3,(H,13,18)(H2,12,14,15,16). The number of urea groups is 1. The van der Waals surface area contributed by atoms with Crippen molar-refractivity contribution in [3.63, 3.8) is 0 Å². The molecular formula is C10H19N7O. The molecule has 2 amide bonds. The molecule has 0 spiro atoms. The Morgan fingerprint density at radius 3 is 2.61 bits per heavy atom. The molecule has 5 N–H and O–H groups in total. The highest BCUT2D eigenvalue weighted by Crippen LogP contribution is 2.08. The highest BCUT2D eigenvalue weighted by atomic mass is 16.2. The van der Waals surface area contributed by atoms with E-state index in [1.54, 1.807) is 27.1 Å². The third kappa shape index (κ3) is 4.42. The largest absolute Gasteiger partial charge is 0.368 e. The molecular weight excluding hydrogens is 234 g/mol. The number of hydrogen-bond acceptors (Lipinski definition) is 6. The normalized spacial score (nSPS) is 9.78. The number of aromatic nitrogens is 2. The first-order chi connectivity index (χ1) is 8.52. The summed E-state index contributed by atoms with van der Waals surface area (Å²) in [6.45, 7) is 2.85. The van der Waals surface area contributed by atoms with Gasteiger partial charge in [0.1, 0.15) is 17.5 Å². The molecule has 0 aliphatic carbocycles. The van der Waals surface area contributed by atoms with Crippen molar-refractivity contribution in [3.05, 3.63) is 11.9 Å². The van der Waals surface area contributed by atoms with E-state index < -0.39 is 0 Å². The van der Waals surface area contributed by atoms with Crippen LogP contribution in [0, 0.1) is 6.92 Å². The van der Waals surface area contributed by atoms with Gasteiger partial charge in [-0.25, -0.2) is 20.6 Å². The van der Waals surface area contributed by atoms with E-state index in [1.807, 2.05) is 0 Å². The highest BCUT2D eigenvalue weighted by Gasteiger charge is 2.02. The predicted octanol–water partition coefficient (Wildman–Crippen LogP) is -0.246. The lowest BCUT2D eigenvalue weighted by Crippen LogP contribution is -2.37. The number of nitrogens with one attached hydrogen (secondary N) is 3. The molecule has 0 aliphatic rings. The number of amides is 2. The molecule has 0 atom stereocenters. The molecule has 0 fully saturated rings. The fourth-order valence-corrected chi connectivity index (χ4v) is 1.25. The average Bonchev–Trinajstić information content (AvgIpc) is 2.33. The summed E-state index contributed by atoms with van der Waals surface area (Å²) in [6.07, 6.45) is 0. The molecule has 1 aromatic rings. The summed E-state index contributed by atoms with van der Waals surface area (Å²) in [5.74, 6) is 7.11. The smallest absolute Gasteiger partial charge is 0.316 e. The number of hydrazine groups is 1. The summed E-state index contributed by atoms with van der Waals surface area (Å²) in [5.41, 5.74) is 2.46. The number of carbonyl (C=O) groups is 1. The highest BCUT2D eigenvalue weighted by molar-refractivity contribution is 5.73. The lowest BCUT2D eigenvalue weighted by atomic mass is 10.5. The molecule has 8 nitrogen and oxygen atoms in total. The van der Waals surface area contributed by atoms with Crippen molar-refractivity contribution in [1.29, 1.82) is 0 Å². The van der Waals surface area contributed by atoms with E-state index >= 15 is 0 Å². The van der Waals surface area contributed by atoms with E-state index in [9.17, 15) is 4.79 Å². The topological polar surface area (TPSA) is 108 Å². The van der Waals surface area contributed by atoms with Crippen LogP contribution in [0.2, 0.25) is 0 Å². The Bertz CT molecular complexity index is 407. The van der Waals surface area contributed by atoms with E-state index in [1.165, 1.54) is 4.90 Å². The van der Waals surface area contributed by atoms with Crippen LogP contribution in [0.5, 0.6) is 0 Å². The minimum absolute atomic E-state index is 0.125. The van der Waals surface area contributed by atoms with Gasteiger partial charge < -0.3 is 21.0 Å². The lowest BCUT2D eigenvalue weighted by molar-refractivity contribution is 0.218. The first-order valence-corrected chi connectivity index (χ1v) is 5.54. The molecule has 18 heavy (non-hydrogen) atoms. The summed E-state index contributed by atoms with van der Waals surface area (Å²) in [4.78, 5) is 21.0. The number of aryl methyl sites for hydroxylation is 1. The van der Waals surface area contributed by atoms with Crippen LogP contribution in [-0.2, 0) is 0 Å². The lowest BCUT2D eigenvalue weighted by Gasteiger charge is -2.12. The number of nitrogens with two attached hydrogens (primary N) is 1. The van der Waals surface area contributed by atoms with E-state index in [0.717, 1.165) is 0 Å². The van der Waals surface area contributed by atoms with Crippen LogP contribution in [-0.4, -0.2) is 48.1 Å². The van der Waals surface area contributed by atoms with Gasteiger partial charge in [0.25, 0.3) is 0 Å². The minimum Gasteiger partial charge on any atom is -0.368 e. The number of hydrogen-bond donors (Lipinski definition) is 4. The van der Waals surface area contributed by atoms with Gasteiger partial charge in [-0.15, -0.1) is 0 Å². The van der Waals surface area contributed by atoms with Gasteiger partial charge in [0.2, 0.25) is 0 Å². The predicted molar refractivity (Wildman–Crippen MR) is 70.2 cm³/mol. The Kier molecular flexibility index (Phi) is 5.12. The Hall–Kier alpha value is -2.09. The molecule has 8 heteroatoms. The van der Waals surface area contributed by atoms with Gasteiger partial charge in [0.15, 0.2) is 0 Å². The second-order valence-corrected chi connectivity index (χ2v) is 3.88. The molecule has 1 heterocycles. The molecule has 100 valence electrons. The van der Waals surface area contributed by atoms with Crippen molar-refractivity contribution in [2.45, 2.75) is 6.92 Å². The fourth-order valence-electron chi connectivity index (χ4n) is 1.25. The molecule has 1 aromatic heterocycles. The first-order valence-electron chi connectivity index (χ1n) is 5.54. The summed E-state index contributed by atoms with van der Waals surface area (Å²) >= 11 is 0. The molecule has 1 rings (SSSR count). The number of anilines is 2. The van der Waals surface area contributed by atoms with Crippen LogP contribution < -0.4 is 21.9 Å². The molecule has 0 aromatic carbocycles. The third-order valence-corrected chi connectivity index (χ3v) is 2.10. The summed E-state index contributed by atoms with van der Waals surface area (Å²) in [7, 11) is 3.38. The molecule has 0 radical (unpaired) electrons. The summed E-state index contributed by atoms with van der Waals surface area (Å²) < 4.78 is 0. The van der Waals surface area contributed by atoms with Crippen molar-refractivity contribution in [2.75, 3.05) is 37.9 Å². The van der Waals surface area contributed by atoms with Crippen LogP contribution in [0.15, 0.2) is 6.07 Å². The Morgan fingerprint density at radius 1 is 1.33 bits per heavy atom. The molecule has 0 bridgehead atoms. The maximum absolute atomic E-state index is 11.2. The Balaban J connectivity index is 2.39. The van der Waals surface area contributed by atoms with Crippen LogP contribution in [0.3, 0.4) is 0 Å². The summed E-state index contributed by atoms with van der Waals surface area (Å²) in [6, 6.07) is 1.57. The maximum Gasteiger partial charge on any atom is 0.316 e. The molecule has 0 saturated heterocycles. The zero-order valence-electron chi connectivity index (χ0n) is 10.8. The van der Waals surface area contributed by atoms with Gasteiger partial charge in [-0.2, -0.15) is 0 Å². The number of nitrogen functional groups attached to an aromatic ring is 1. The monoisotopic (exact) mass is 253 g/mol. The Morgan fingerprint density at radius 2 is 2.00 bits per heavy atom. The van der Waals surface area contributed by atoms with Gasteiger partial charge in [-0.05, 0) is 6.92 Å². The third-order valence-electron chi connectivity index (χ3n) is 2.10. The quantitative estimate of drug-likeness (QED) is 0.327. The second-order valence-electron chi connectivity index (χ2n) is 3.88. The van der Waals surface area contributed by atoms with Gasteiger partial charge >= 0.3 is 6.03 Å². The van der Waals surface area contributed by atoms with E-state index in [-0.39, 0.29) is 6.03 Å². The van der Waals surface area contributed by atoms with Crippen molar-refractivity contribution >= 4 is 17.7 Å². The van der Waals surface area contributed by atoms with Crippen molar-refractivity contribution in [2.24, 2.45) is 5.84 Å². The molecule has 0 unspecified atom stereocenters. The number of carbonyl (C=O) groups excluding carboxylic acids is 1. The van der Waals surface area contributed by atoms with E-state index in [0.29, 0.717) is 30.5 Å². The van der Waals surface area contributed by atoms with Crippen LogP contribution in [0.25, 0.3) is 0 Å². The zero-order valence-corrected chi connectivity index (χ0v) is 10.8. The van der Waals surface area contributed by atoms with Crippen LogP contribution >= 0.6 is 0 Å². The number of rotatable bonds is 5. The van der Waals surface area contributed by atoms with Gasteiger partial charge in [0, 0.05) is 33.3 Å².